The molecule has 0 aliphatic carbocycles. The number of nitrogens with zero attached hydrogens (tertiary/aromatic N) is 2. The van der Waals surface area contributed by atoms with Gasteiger partial charge in [0.15, 0.2) is 6.10 Å². The first kappa shape index (κ1) is 24.3. The van der Waals surface area contributed by atoms with E-state index in [1.165, 1.54) is 12.3 Å². The Labute approximate surface area is 210 Å². The van der Waals surface area contributed by atoms with Crippen molar-refractivity contribution in [3.05, 3.63) is 83.4 Å². The number of aromatic nitrogens is 1. The van der Waals surface area contributed by atoms with Gasteiger partial charge in [-0.2, -0.15) is 0 Å². The van der Waals surface area contributed by atoms with Gasteiger partial charge in [-0.05, 0) is 80.4 Å². The van der Waals surface area contributed by atoms with Crippen molar-refractivity contribution in [2.24, 2.45) is 5.92 Å². The average molecular weight is 493 g/mol. The molecule has 1 unspecified atom stereocenters. The lowest BCUT2D eigenvalue weighted by atomic mass is 9.88. The number of hydrogen-bond donors (Lipinski definition) is 1. The van der Waals surface area contributed by atoms with Crippen LogP contribution in [-0.2, 0) is 0 Å². The van der Waals surface area contributed by atoms with E-state index in [1.54, 1.807) is 24.3 Å². The number of alkyl halides is 1. The molecule has 1 N–H and O–H groups in total. The number of rotatable bonds is 7. The number of aromatic hydroxyl groups is 1. The van der Waals surface area contributed by atoms with E-state index < -0.39 is 11.9 Å². The van der Waals surface area contributed by atoms with E-state index in [4.69, 9.17) is 9.47 Å². The molecule has 1 saturated heterocycles. The van der Waals surface area contributed by atoms with Gasteiger partial charge in [-0.1, -0.05) is 12.1 Å². The third-order valence-corrected chi connectivity index (χ3v) is 7.11. The molecule has 2 aromatic carbocycles. The molecule has 7 heteroatoms. The zero-order valence-electron chi connectivity index (χ0n) is 20.5. The fraction of sp³-hybridized carbons (Fsp3) is 0.345. The van der Waals surface area contributed by atoms with Crippen LogP contribution in [0.15, 0.2) is 60.8 Å². The van der Waals surface area contributed by atoms with E-state index >= 15 is 0 Å². The van der Waals surface area contributed by atoms with Crippen LogP contribution in [0.1, 0.15) is 43.2 Å². The smallest absolute Gasteiger partial charge is 0.151 e. The van der Waals surface area contributed by atoms with E-state index in [2.05, 4.69) is 16.8 Å². The second-order valence-corrected chi connectivity index (χ2v) is 9.61. The number of fused-ring (bicyclic) bond motifs is 1. The van der Waals surface area contributed by atoms with Gasteiger partial charge >= 0.3 is 0 Å². The molecular formula is C29H30F2N2O3. The maximum absolute atomic E-state index is 13.6. The molecule has 5 nitrogen and oxygen atoms in total. The van der Waals surface area contributed by atoms with E-state index in [0.29, 0.717) is 18.1 Å². The fourth-order valence-corrected chi connectivity index (χ4v) is 4.99. The standard InChI is InChI=1S/C29H30F2N2O3/c1-18(33-12-11-20(14-30)16-33)17-35-24-7-3-21(4-8-24)29-28(26-9-5-22(31)15-32-26)19(2)25-13-23(34)6-10-27(25)36-29/h3-10,13,15,18,20,29,34H,11-12,14,16-17H2,1-2H3/t18-,20-,29?/m0/s1. The Morgan fingerprint density at radius 2 is 1.97 bits per heavy atom. The zero-order chi connectivity index (χ0) is 25.2. The lowest BCUT2D eigenvalue weighted by Crippen LogP contribution is -2.35. The highest BCUT2D eigenvalue weighted by Gasteiger charge is 2.30. The Morgan fingerprint density at radius 3 is 2.67 bits per heavy atom. The van der Waals surface area contributed by atoms with Crippen molar-refractivity contribution in [3.63, 3.8) is 0 Å². The van der Waals surface area contributed by atoms with E-state index in [9.17, 15) is 13.9 Å². The quantitative estimate of drug-likeness (QED) is 0.435. The van der Waals surface area contributed by atoms with Crippen LogP contribution in [0.2, 0.25) is 0 Å². The predicted molar refractivity (Wildman–Crippen MR) is 135 cm³/mol. The molecule has 2 aliphatic heterocycles. The van der Waals surface area contributed by atoms with Crippen molar-refractivity contribution in [2.45, 2.75) is 32.4 Å². The van der Waals surface area contributed by atoms with Crippen LogP contribution < -0.4 is 9.47 Å². The topological polar surface area (TPSA) is 54.8 Å². The molecule has 0 amide bonds. The van der Waals surface area contributed by atoms with Gasteiger partial charge in [-0.25, -0.2) is 4.39 Å². The minimum Gasteiger partial charge on any atom is -0.508 e. The summed E-state index contributed by atoms with van der Waals surface area (Å²) in [5.74, 6) is 1.28. The number of hydrogen-bond acceptors (Lipinski definition) is 5. The number of phenols is 1. The molecule has 3 atom stereocenters. The van der Waals surface area contributed by atoms with Crippen LogP contribution in [0.25, 0.3) is 11.1 Å². The average Bonchev–Trinajstić information content (AvgIpc) is 3.38. The Bertz CT molecular complexity index is 1240. The molecular weight excluding hydrogens is 462 g/mol. The summed E-state index contributed by atoms with van der Waals surface area (Å²) in [5.41, 5.74) is 4.01. The second kappa shape index (κ2) is 10.3. The summed E-state index contributed by atoms with van der Waals surface area (Å²) in [6, 6.07) is 16.0. The number of benzene rings is 2. The summed E-state index contributed by atoms with van der Waals surface area (Å²) in [4.78, 5) is 6.59. The summed E-state index contributed by atoms with van der Waals surface area (Å²) in [5, 5.41) is 10.0. The van der Waals surface area contributed by atoms with Crippen LogP contribution in [-0.4, -0.2) is 47.4 Å². The Kier molecular flexibility index (Phi) is 6.92. The van der Waals surface area contributed by atoms with E-state index in [-0.39, 0.29) is 24.4 Å². The molecule has 0 bridgehead atoms. The third-order valence-electron chi connectivity index (χ3n) is 7.11. The fourth-order valence-electron chi connectivity index (χ4n) is 4.99. The number of ether oxygens (including phenoxy) is 2. The van der Waals surface area contributed by atoms with Crippen molar-refractivity contribution in [1.82, 2.24) is 9.88 Å². The lowest BCUT2D eigenvalue weighted by Gasteiger charge is -2.30. The zero-order valence-corrected chi connectivity index (χ0v) is 20.5. The minimum atomic E-state index is -0.463. The van der Waals surface area contributed by atoms with Crippen LogP contribution in [0.5, 0.6) is 17.2 Å². The second-order valence-electron chi connectivity index (χ2n) is 9.61. The Hall–Kier alpha value is -3.45. The van der Waals surface area contributed by atoms with Gasteiger partial charge in [0.1, 0.15) is 29.7 Å². The summed E-state index contributed by atoms with van der Waals surface area (Å²) in [6.45, 7) is 6.02. The number of likely N-dealkylation sites (tertiary alicyclic amines) is 1. The highest BCUT2D eigenvalue weighted by Crippen LogP contribution is 2.47. The molecule has 3 heterocycles. The van der Waals surface area contributed by atoms with Crippen molar-refractivity contribution in [1.29, 1.82) is 0 Å². The van der Waals surface area contributed by atoms with Gasteiger partial charge in [0, 0.05) is 29.6 Å². The SMILES string of the molecule is CC1=C(c2ccc(F)cn2)C(c2ccc(OC[C@H](C)N3CC[C@@H](CF)C3)cc2)Oc2ccc(O)cc21. The van der Waals surface area contributed by atoms with Gasteiger partial charge < -0.3 is 14.6 Å². The highest BCUT2D eigenvalue weighted by molar-refractivity contribution is 5.94. The van der Waals surface area contributed by atoms with Gasteiger partial charge in [0.2, 0.25) is 0 Å². The molecule has 1 aromatic heterocycles. The summed E-state index contributed by atoms with van der Waals surface area (Å²) < 4.78 is 39.0. The van der Waals surface area contributed by atoms with Crippen LogP contribution >= 0.6 is 0 Å². The van der Waals surface area contributed by atoms with Crippen LogP contribution in [0.4, 0.5) is 8.78 Å². The van der Waals surface area contributed by atoms with E-state index in [1.807, 2.05) is 31.2 Å². The van der Waals surface area contributed by atoms with Gasteiger partial charge in [0.05, 0.1) is 18.6 Å². The Balaban J connectivity index is 1.37. The molecule has 1 fully saturated rings. The molecule has 0 saturated carbocycles. The van der Waals surface area contributed by atoms with Crippen molar-refractivity contribution in [3.8, 4) is 17.2 Å². The number of halogens is 2. The van der Waals surface area contributed by atoms with E-state index in [0.717, 1.165) is 47.5 Å². The lowest BCUT2D eigenvalue weighted by molar-refractivity contribution is 0.165. The van der Waals surface area contributed by atoms with Crippen LogP contribution in [0, 0.1) is 11.7 Å². The third kappa shape index (κ3) is 4.93. The first-order chi connectivity index (χ1) is 17.4. The monoisotopic (exact) mass is 492 g/mol. The first-order valence-electron chi connectivity index (χ1n) is 12.3. The maximum atomic E-state index is 13.6. The summed E-state index contributed by atoms with van der Waals surface area (Å²) in [6.07, 6.45) is 1.63. The molecule has 0 spiro atoms. The Morgan fingerprint density at radius 1 is 1.17 bits per heavy atom. The molecule has 188 valence electrons. The highest BCUT2D eigenvalue weighted by atomic mass is 19.1. The molecule has 5 rings (SSSR count). The largest absolute Gasteiger partial charge is 0.508 e. The van der Waals surface area contributed by atoms with Crippen molar-refractivity contribution < 1.29 is 23.4 Å². The van der Waals surface area contributed by atoms with Gasteiger partial charge in [-0.3, -0.25) is 14.3 Å². The normalized spacial score (nSPS) is 20.7. The van der Waals surface area contributed by atoms with Crippen molar-refractivity contribution in [2.75, 3.05) is 26.4 Å². The van der Waals surface area contributed by atoms with Gasteiger partial charge in [0.25, 0.3) is 0 Å². The maximum Gasteiger partial charge on any atom is 0.151 e. The predicted octanol–water partition coefficient (Wildman–Crippen LogP) is 6.05. The number of allylic oxidation sites excluding steroid dienone is 1. The summed E-state index contributed by atoms with van der Waals surface area (Å²) >= 11 is 0. The molecule has 36 heavy (non-hydrogen) atoms. The molecule has 2 aliphatic rings. The first-order valence-corrected chi connectivity index (χ1v) is 12.3. The summed E-state index contributed by atoms with van der Waals surface area (Å²) in [7, 11) is 0. The van der Waals surface area contributed by atoms with Crippen LogP contribution in [0.3, 0.4) is 0 Å². The molecule has 3 aromatic rings. The number of phenolic OH excluding ortho intramolecular Hbond substituents is 1. The number of pyridine rings is 1. The van der Waals surface area contributed by atoms with Gasteiger partial charge in [-0.15, -0.1) is 0 Å². The molecule has 0 radical (unpaired) electrons. The minimum absolute atomic E-state index is 0.137. The van der Waals surface area contributed by atoms with Crippen molar-refractivity contribution >= 4 is 11.1 Å².